The molecule has 0 spiro atoms. The normalized spacial score (nSPS) is 18.9. The SMILES string of the molecule is O=C(O)c1cc(C2CCOC2)nc2ccc(F)cc12. The Morgan fingerprint density at radius 1 is 1.42 bits per heavy atom. The first-order valence-corrected chi connectivity index (χ1v) is 6.06. The van der Waals surface area contributed by atoms with Crippen molar-refractivity contribution in [3.8, 4) is 0 Å². The van der Waals surface area contributed by atoms with Gasteiger partial charge in [0.25, 0.3) is 0 Å². The first-order chi connectivity index (χ1) is 9.15. The van der Waals surface area contributed by atoms with Crippen molar-refractivity contribution < 1.29 is 19.0 Å². The quantitative estimate of drug-likeness (QED) is 0.902. The minimum Gasteiger partial charge on any atom is -0.478 e. The summed E-state index contributed by atoms with van der Waals surface area (Å²) in [5.41, 5.74) is 1.30. The second kappa shape index (κ2) is 4.59. The average molecular weight is 261 g/mol. The maximum absolute atomic E-state index is 13.2. The molecule has 2 aromatic rings. The van der Waals surface area contributed by atoms with Crippen LogP contribution in [0.2, 0.25) is 0 Å². The smallest absolute Gasteiger partial charge is 0.336 e. The lowest BCUT2D eigenvalue weighted by Crippen LogP contribution is -2.06. The van der Waals surface area contributed by atoms with E-state index >= 15 is 0 Å². The molecule has 0 bridgehead atoms. The van der Waals surface area contributed by atoms with Crippen LogP contribution in [0, 0.1) is 5.82 Å². The summed E-state index contributed by atoms with van der Waals surface area (Å²) in [7, 11) is 0. The Morgan fingerprint density at radius 2 is 2.26 bits per heavy atom. The van der Waals surface area contributed by atoms with Gasteiger partial charge in [0.15, 0.2) is 0 Å². The monoisotopic (exact) mass is 261 g/mol. The van der Waals surface area contributed by atoms with Crippen LogP contribution in [-0.2, 0) is 4.74 Å². The summed E-state index contributed by atoms with van der Waals surface area (Å²) in [6.07, 6.45) is 0.832. The maximum atomic E-state index is 13.2. The molecule has 0 saturated carbocycles. The third kappa shape index (κ3) is 2.17. The molecule has 1 aliphatic heterocycles. The van der Waals surface area contributed by atoms with Gasteiger partial charge in [-0.2, -0.15) is 0 Å². The number of hydrogen-bond acceptors (Lipinski definition) is 3. The van der Waals surface area contributed by atoms with Gasteiger partial charge in [-0.15, -0.1) is 0 Å². The van der Waals surface area contributed by atoms with Gasteiger partial charge in [-0.1, -0.05) is 0 Å². The topological polar surface area (TPSA) is 59.4 Å². The summed E-state index contributed by atoms with van der Waals surface area (Å²) >= 11 is 0. The number of halogens is 1. The highest BCUT2D eigenvalue weighted by Crippen LogP contribution is 2.28. The van der Waals surface area contributed by atoms with Crippen LogP contribution in [0.25, 0.3) is 10.9 Å². The van der Waals surface area contributed by atoms with Crippen LogP contribution in [0.5, 0.6) is 0 Å². The molecule has 1 fully saturated rings. The van der Waals surface area contributed by atoms with Crippen molar-refractivity contribution >= 4 is 16.9 Å². The zero-order chi connectivity index (χ0) is 13.4. The van der Waals surface area contributed by atoms with Gasteiger partial charge in [0.05, 0.1) is 17.7 Å². The summed E-state index contributed by atoms with van der Waals surface area (Å²) in [6.45, 7) is 1.22. The van der Waals surface area contributed by atoms with Crippen LogP contribution >= 0.6 is 0 Å². The number of carbonyl (C=O) groups is 1. The number of benzene rings is 1. The number of aromatic nitrogens is 1. The molecule has 1 N–H and O–H groups in total. The summed E-state index contributed by atoms with van der Waals surface area (Å²) in [5, 5.41) is 9.59. The molecule has 1 aliphatic rings. The molecule has 2 heterocycles. The summed E-state index contributed by atoms with van der Waals surface area (Å²) < 4.78 is 18.5. The molecule has 1 aromatic carbocycles. The minimum absolute atomic E-state index is 0.0893. The van der Waals surface area contributed by atoms with Gasteiger partial charge in [-0.3, -0.25) is 4.98 Å². The van der Waals surface area contributed by atoms with Crippen LogP contribution in [0.3, 0.4) is 0 Å². The van der Waals surface area contributed by atoms with E-state index in [4.69, 9.17) is 4.74 Å². The van der Waals surface area contributed by atoms with Crippen molar-refractivity contribution in [2.45, 2.75) is 12.3 Å². The highest BCUT2D eigenvalue weighted by Gasteiger charge is 2.22. The van der Waals surface area contributed by atoms with Crippen molar-refractivity contribution in [2.24, 2.45) is 0 Å². The zero-order valence-corrected chi connectivity index (χ0v) is 10.1. The van der Waals surface area contributed by atoms with Gasteiger partial charge in [0, 0.05) is 23.6 Å². The van der Waals surface area contributed by atoms with Gasteiger partial charge < -0.3 is 9.84 Å². The lowest BCUT2D eigenvalue weighted by atomic mass is 9.99. The van der Waals surface area contributed by atoms with Crippen LogP contribution in [0.1, 0.15) is 28.4 Å². The van der Waals surface area contributed by atoms with Crippen molar-refractivity contribution in [3.63, 3.8) is 0 Å². The number of ether oxygens (including phenoxy) is 1. The molecule has 1 unspecified atom stereocenters. The van der Waals surface area contributed by atoms with E-state index in [-0.39, 0.29) is 11.5 Å². The van der Waals surface area contributed by atoms with E-state index < -0.39 is 11.8 Å². The van der Waals surface area contributed by atoms with Crippen molar-refractivity contribution in [1.29, 1.82) is 0 Å². The largest absolute Gasteiger partial charge is 0.478 e. The van der Waals surface area contributed by atoms with E-state index in [0.29, 0.717) is 29.8 Å². The van der Waals surface area contributed by atoms with Crippen LogP contribution in [0.15, 0.2) is 24.3 Å². The molecular formula is C14H12FNO3. The van der Waals surface area contributed by atoms with Crippen LogP contribution in [-0.4, -0.2) is 29.3 Å². The molecule has 1 saturated heterocycles. The molecule has 0 radical (unpaired) electrons. The molecule has 0 amide bonds. The third-order valence-electron chi connectivity index (χ3n) is 3.37. The number of hydrogen-bond donors (Lipinski definition) is 1. The van der Waals surface area contributed by atoms with Gasteiger partial charge in [0.2, 0.25) is 0 Å². The van der Waals surface area contributed by atoms with Crippen molar-refractivity contribution in [2.75, 3.05) is 13.2 Å². The highest BCUT2D eigenvalue weighted by molar-refractivity contribution is 6.02. The Labute approximate surface area is 108 Å². The second-order valence-electron chi connectivity index (χ2n) is 4.62. The van der Waals surface area contributed by atoms with E-state index in [1.54, 1.807) is 0 Å². The predicted molar refractivity (Wildman–Crippen MR) is 66.8 cm³/mol. The number of nitrogens with zero attached hydrogens (tertiary/aromatic N) is 1. The van der Waals surface area contributed by atoms with E-state index in [9.17, 15) is 14.3 Å². The summed E-state index contributed by atoms with van der Waals surface area (Å²) in [4.78, 5) is 15.7. The first kappa shape index (κ1) is 12.0. The number of carboxylic acid groups (broad SMARTS) is 1. The van der Waals surface area contributed by atoms with E-state index in [1.807, 2.05) is 0 Å². The van der Waals surface area contributed by atoms with E-state index in [2.05, 4.69) is 4.98 Å². The Kier molecular flexibility index (Phi) is 2.91. The highest BCUT2D eigenvalue weighted by atomic mass is 19.1. The summed E-state index contributed by atoms with van der Waals surface area (Å²) in [6, 6.07) is 5.54. The minimum atomic E-state index is -1.07. The van der Waals surface area contributed by atoms with Gasteiger partial charge in [-0.25, -0.2) is 9.18 Å². The van der Waals surface area contributed by atoms with E-state index in [1.165, 1.54) is 24.3 Å². The standard InChI is InChI=1S/C14H12FNO3/c15-9-1-2-12-10(5-9)11(14(17)18)6-13(16-12)8-3-4-19-7-8/h1-2,5-6,8H,3-4,7H2,(H,17,18). The fraction of sp³-hybridized carbons (Fsp3) is 0.286. The third-order valence-corrected chi connectivity index (χ3v) is 3.37. The molecule has 1 atom stereocenters. The molecule has 0 aliphatic carbocycles. The second-order valence-corrected chi connectivity index (χ2v) is 4.62. The van der Waals surface area contributed by atoms with Crippen molar-refractivity contribution in [3.05, 3.63) is 41.3 Å². The number of pyridine rings is 1. The van der Waals surface area contributed by atoms with Gasteiger partial charge in [0.1, 0.15) is 5.82 Å². The molecule has 4 nitrogen and oxygen atoms in total. The fourth-order valence-electron chi connectivity index (χ4n) is 2.37. The molecule has 1 aromatic heterocycles. The zero-order valence-electron chi connectivity index (χ0n) is 10.1. The number of rotatable bonds is 2. The van der Waals surface area contributed by atoms with Crippen LogP contribution < -0.4 is 0 Å². The number of aromatic carboxylic acids is 1. The molecule has 98 valence electrons. The first-order valence-electron chi connectivity index (χ1n) is 6.06. The Hall–Kier alpha value is -2.01. The molecule has 19 heavy (non-hydrogen) atoms. The molecule has 3 rings (SSSR count). The Bertz CT molecular complexity index is 650. The summed E-state index contributed by atoms with van der Waals surface area (Å²) in [5.74, 6) is -1.42. The lowest BCUT2D eigenvalue weighted by molar-refractivity contribution is 0.0698. The van der Waals surface area contributed by atoms with Crippen LogP contribution in [0.4, 0.5) is 4.39 Å². The molecule has 5 heteroatoms. The Balaban J connectivity index is 2.21. The lowest BCUT2D eigenvalue weighted by Gasteiger charge is -2.10. The number of carboxylic acids is 1. The molecular weight excluding hydrogens is 249 g/mol. The van der Waals surface area contributed by atoms with Gasteiger partial charge in [-0.05, 0) is 30.7 Å². The maximum Gasteiger partial charge on any atom is 0.336 e. The fourth-order valence-corrected chi connectivity index (χ4v) is 2.37. The predicted octanol–water partition coefficient (Wildman–Crippen LogP) is 2.58. The van der Waals surface area contributed by atoms with Crippen molar-refractivity contribution in [1.82, 2.24) is 4.98 Å². The van der Waals surface area contributed by atoms with Gasteiger partial charge >= 0.3 is 5.97 Å². The average Bonchev–Trinajstić information content (AvgIpc) is 2.91. The number of fused-ring (bicyclic) bond motifs is 1. The van der Waals surface area contributed by atoms with E-state index in [0.717, 1.165) is 6.42 Å². The Morgan fingerprint density at radius 3 is 2.95 bits per heavy atom.